The van der Waals surface area contributed by atoms with Crippen LogP contribution in [-0.4, -0.2) is 68.1 Å². The molecule has 4 aliphatic rings. The monoisotopic (exact) mass is 473 g/mol. The predicted molar refractivity (Wildman–Crippen MR) is 131 cm³/mol. The van der Waals surface area contributed by atoms with Gasteiger partial charge in [-0.2, -0.15) is 0 Å². The van der Waals surface area contributed by atoms with Gasteiger partial charge < -0.3 is 23.7 Å². The minimum atomic E-state index is -0.399. The topological polar surface area (TPSA) is 49.4 Å². The maximum absolute atomic E-state index is 6.80. The third-order valence-electron chi connectivity index (χ3n) is 8.23. The van der Waals surface area contributed by atoms with Crippen LogP contribution in [0.5, 0.6) is 0 Å². The molecular weight excluding hydrogens is 430 g/mol. The van der Waals surface area contributed by atoms with Crippen LogP contribution in [0.2, 0.25) is 0 Å². The summed E-state index contributed by atoms with van der Waals surface area (Å²) in [6.45, 7) is 9.37. The molecule has 1 aromatic rings. The summed E-state index contributed by atoms with van der Waals surface area (Å²) < 4.78 is 31.3. The summed E-state index contributed by atoms with van der Waals surface area (Å²) >= 11 is 0. The van der Waals surface area contributed by atoms with E-state index in [0.29, 0.717) is 20.0 Å². The smallest absolute Gasteiger partial charge is 0.169 e. The number of hydrogen-bond donors (Lipinski definition) is 0. The fourth-order valence-corrected chi connectivity index (χ4v) is 6.46. The lowest BCUT2D eigenvalue weighted by Gasteiger charge is -2.42. The molecule has 0 radical (unpaired) electrons. The molecule has 3 aliphatic heterocycles. The van der Waals surface area contributed by atoms with Crippen LogP contribution in [-0.2, 0) is 35.7 Å². The number of methoxy groups -OCH3 is 1. The van der Waals surface area contributed by atoms with Crippen molar-refractivity contribution >= 4 is 0 Å². The lowest BCUT2D eigenvalue weighted by molar-refractivity contribution is -0.223. The van der Waals surface area contributed by atoms with Gasteiger partial charge in [0.1, 0.15) is 19.0 Å². The summed E-state index contributed by atoms with van der Waals surface area (Å²) in [5.74, 6) is -0.399. The Labute approximate surface area is 205 Å². The summed E-state index contributed by atoms with van der Waals surface area (Å²) in [5, 5.41) is 0. The summed E-state index contributed by atoms with van der Waals surface area (Å²) in [5.41, 5.74) is 2.73. The van der Waals surface area contributed by atoms with Crippen molar-refractivity contribution in [2.75, 3.05) is 27.1 Å². The molecule has 0 aromatic heterocycles. The predicted octanol–water partition coefficient (Wildman–Crippen LogP) is 4.78. The number of nitrogens with zero attached hydrogens (tertiary/aromatic N) is 1. The number of hydrogen-bond acceptors (Lipinski definition) is 6. The number of benzene rings is 1. The highest BCUT2D eigenvalue weighted by molar-refractivity contribution is 5.27. The molecule has 3 saturated heterocycles. The number of ether oxygens (including phenoxy) is 5. The Morgan fingerprint density at radius 1 is 1.00 bits per heavy atom. The zero-order chi connectivity index (χ0) is 23.8. The quantitative estimate of drug-likeness (QED) is 0.531. The van der Waals surface area contributed by atoms with Crippen molar-refractivity contribution < 1.29 is 23.7 Å². The summed E-state index contributed by atoms with van der Waals surface area (Å²) in [6.07, 6.45) is 7.99. The van der Waals surface area contributed by atoms with E-state index in [1.165, 1.54) is 30.4 Å². The molecule has 1 spiro atoms. The molecular formula is C28H43NO5. The highest BCUT2D eigenvalue weighted by atomic mass is 16.8. The zero-order valence-corrected chi connectivity index (χ0v) is 21.5. The van der Waals surface area contributed by atoms with Crippen molar-refractivity contribution in [3.8, 4) is 0 Å². The van der Waals surface area contributed by atoms with Crippen LogP contribution in [0.15, 0.2) is 24.3 Å². The second kappa shape index (κ2) is 10.2. The SMILES string of the molecule is COCO[C@@H]1CCCN2[C@H]1[C@@H]1OC3(CCCCC3)O[C@@H]1[C@H]2COCc1ccc(C(C)(C)C)cc1. The first kappa shape index (κ1) is 24.7. The summed E-state index contributed by atoms with van der Waals surface area (Å²) in [6, 6.07) is 9.24. The van der Waals surface area contributed by atoms with E-state index in [1.54, 1.807) is 7.11 Å². The number of fused-ring (bicyclic) bond motifs is 3. The minimum absolute atomic E-state index is 0.0399. The maximum atomic E-state index is 6.80. The van der Waals surface area contributed by atoms with E-state index < -0.39 is 5.79 Å². The van der Waals surface area contributed by atoms with E-state index >= 15 is 0 Å². The molecule has 6 heteroatoms. The van der Waals surface area contributed by atoms with E-state index in [-0.39, 0.29) is 35.8 Å². The second-order valence-corrected chi connectivity index (χ2v) is 11.6. The van der Waals surface area contributed by atoms with E-state index in [2.05, 4.69) is 49.9 Å². The normalized spacial score (nSPS) is 33.2. The standard InChI is InChI=1S/C28H43NO5/c1-27(2,3)21-12-10-20(11-13-21)17-31-18-22-25-26(34-28(33-25)14-6-5-7-15-28)24-23(32-19-30-4)9-8-16-29(22)24/h10-13,22-26H,5-9,14-19H2,1-4H3/t22-,23-,24-,25-,26+/m1/s1. The van der Waals surface area contributed by atoms with Gasteiger partial charge in [0.25, 0.3) is 0 Å². The number of piperidine rings is 1. The molecule has 3 heterocycles. The van der Waals surface area contributed by atoms with Gasteiger partial charge in [-0.25, -0.2) is 0 Å². The Bertz CT molecular complexity index is 800. The van der Waals surface area contributed by atoms with Crippen LogP contribution in [0.1, 0.15) is 76.8 Å². The molecule has 190 valence electrons. The van der Waals surface area contributed by atoms with Crippen molar-refractivity contribution in [2.45, 2.75) is 114 Å². The first-order chi connectivity index (χ1) is 16.4. The molecule has 0 unspecified atom stereocenters. The van der Waals surface area contributed by atoms with Gasteiger partial charge in [-0.15, -0.1) is 0 Å². The Morgan fingerprint density at radius 3 is 2.44 bits per heavy atom. The molecule has 1 aromatic carbocycles. The van der Waals surface area contributed by atoms with Crippen LogP contribution in [0.25, 0.3) is 0 Å². The van der Waals surface area contributed by atoms with Crippen molar-refractivity contribution in [3.05, 3.63) is 35.4 Å². The van der Waals surface area contributed by atoms with Crippen LogP contribution in [0.4, 0.5) is 0 Å². The van der Waals surface area contributed by atoms with E-state index in [0.717, 1.165) is 32.2 Å². The highest BCUT2D eigenvalue weighted by Gasteiger charge is 2.62. The van der Waals surface area contributed by atoms with Crippen molar-refractivity contribution in [3.63, 3.8) is 0 Å². The van der Waals surface area contributed by atoms with Gasteiger partial charge in [0.05, 0.1) is 31.4 Å². The maximum Gasteiger partial charge on any atom is 0.169 e. The Hall–Kier alpha value is -1.02. The number of rotatable bonds is 7. The fraction of sp³-hybridized carbons (Fsp3) is 0.786. The molecule has 4 fully saturated rings. The van der Waals surface area contributed by atoms with Gasteiger partial charge >= 0.3 is 0 Å². The van der Waals surface area contributed by atoms with Crippen LogP contribution < -0.4 is 0 Å². The summed E-state index contributed by atoms with van der Waals surface area (Å²) in [7, 11) is 1.69. The molecule has 1 aliphatic carbocycles. The van der Waals surface area contributed by atoms with Crippen molar-refractivity contribution in [2.24, 2.45) is 0 Å². The molecule has 5 rings (SSSR count). The van der Waals surface area contributed by atoms with Gasteiger partial charge in [-0.05, 0) is 48.8 Å². The van der Waals surface area contributed by atoms with E-state index in [9.17, 15) is 0 Å². The first-order valence-corrected chi connectivity index (χ1v) is 13.3. The fourth-order valence-electron chi connectivity index (χ4n) is 6.46. The molecule has 1 saturated carbocycles. The second-order valence-electron chi connectivity index (χ2n) is 11.6. The first-order valence-electron chi connectivity index (χ1n) is 13.3. The average molecular weight is 474 g/mol. The van der Waals surface area contributed by atoms with E-state index in [4.69, 9.17) is 23.7 Å². The van der Waals surface area contributed by atoms with Crippen molar-refractivity contribution in [1.29, 1.82) is 0 Å². The minimum Gasteiger partial charge on any atom is -0.375 e. The average Bonchev–Trinajstić information content (AvgIpc) is 3.31. The van der Waals surface area contributed by atoms with Gasteiger partial charge in [-0.3, -0.25) is 4.90 Å². The Morgan fingerprint density at radius 2 is 1.74 bits per heavy atom. The van der Waals surface area contributed by atoms with Crippen LogP contribution in [0, 0.1) is 0 Å². The zero-order valence-electron chi connectivity index (χ0n) is 21.5. The highest BCUT2D eigenvalue weighted by Crippen LogP contribution is 2.49. The Balaban J connectivity index is 1.28. The lowest BCUT2D eigenvalue weighted by atomic mass is 9.87. The molecule has 6 nitrogen and oxygen atoms in total. The molecule has 0 amide bonds. The van der Waals surface area contributed by atoms with Crippen LogP contribution in [0.3, 0.4) is 0 Å². The van der Waals surface area contributed by atoms with Crippen LogP contribution >= 0.6 is 0 Å². The molecule has 0 N–H and O–H groups in total. The lowest BCUT2D eigenvalue weighted by Crippen LogP contribution is -2.54. The third-order valence-corrected chi connectivity index (χ3v) is 8.23. The third kappa shape index (κ3) is 4.95. The van der Waals surface area contributed by atoms with Crippen molar-refractivity contribution in [1.82, 2.24) is 4.90 Å². The van der Waals surface area contributed by atoms with Gasteiger partial charge in [0.15, 0.2) is 5.79 Å². The summed E-state index contributed by atoms with van der Waals surface area (Å²) in [4.78, 5) is 2.55. The molecule has 34 heavy (non-hydrogen) atoms. The van der Waals surface area contributed by atoms with Gasteiger partial charge in [-0.1, -0.05) is 51.5 Å². The molecule has 0 bridgehead atoms. The Kier molecular flexibility index (Phi) is 7.37. The largest absolute Gasteiger partial charge is 0.375 e. The molecule has 5 atom stereocenters. The van der Waals surface area contributed by atoms with Gasteiger partial charge in [0, 0.05) is 20.0 Å². The van der Waals surface area contributed by atoms with Gasteiger partial charge in [0.2, 0.25) is 0 Å². The van der Waals surface area contributed by atoms with E-state index in [1.807, 2.05) is 0 Å².